The molecule has 0 N–H and O–H groups in total. The van der Waals surface area contributed by atoms with E-state index in [2.05, 4.69) is 0 Å². The van der Waals surface area contributed by atoms with Crippen molar-refractivity contribution in [3.63, 3.8) is 0 Å². The molecular weight excluding hydrogens is 312 g/mol. The Morgan fingerprint density at radius 3 is 2.29 bits per heavy atom. The van der Waals surface area contributed by atoms with Gasteiger partial charge in [0, 0.05) is 29.6 Å². The van der Waals surface area contributed by atoms with Crippen LogP contribution in [0.1, 0.15) is 13.8 Å². The average Bonchev–Trinajstić information content (AvgIpc) is 2.40. The Morgan fingerprint density at radius 2 is 1.71 bits per heavy atom. The molecule has 0 radical (unpaired) electrons. The lowest BCUT2D eigenvalue weighted by molar-refractivity contribution is -0.133. The zero-order valence-corrected chi connectivity index (χ0v) is 13.3. The second-order valence-electron chi connectivity index (χ2n) is 4.28. The van der Waals surface area contributed by atoms with Gasteiger partial charge in [-0.05, 0) is 30.5 Å². The standard InChI is InChI=1S/C15H13ClO4S/c1-8(17)19-13-7-14(21-3)15(20-9(2)18)11-5-4-10(16)6-12(11)13/h4-7H,1-3H3. The molecule has 6 heteroatoms. The molecular formula is C15H13ClO4S. The molecule has 0 spiro atoms. The van der Waals surface area contributed by atoms with Crippen LogP contribution in [0.2, 0.25) is 5.02 Å². The first kappa shape index (κ1) is 15.7. The van der Waals surface area contributed by atoms with Crippen molar-refractivity contribution in [2.45, 2.75) is 18.7 Å². The zero-order chi connectivity index (χ0) is 15.6. The summed E-state index contributed by atoms with van der Waals surface area (Å²) in [6.45, 7) is 2.67. The predicted molar refractivity (Wildman–Crippen MR) is 83.4 cm³/mol. The van der Waals surface area contributed by atoms with Crippen molar-refractivity contribution in [2.75, 3.05) is 6.26 Å². The van der Waals surface area contributed by atoms with E-state index in [1.54, 1.807) is 24.3 Å². The number of thioether (sulfide) groups is 1. The normalized spacial score (nSPS) is 10.5. The van der Waals surface area contributed by atoms with Crippen molar-refractivity contribution in [3.05, 3.63) is 29.3 Å². The Morgan fingerprint density at radius 1 is 1.05 bits per heavy atom. The lowest BCUT2D eigenvalue weighted by Crippen LogP contribution is -2.06. The summed E-state index contributed by atoms with van der Waals surface area (Å²) >= 11 is 7.40. The van der Waals surface area contributed by atoms with Crippen LogP contribution in [0.25, 0.3) is 10.8 Å². The molecule has 0 bridgehead atoms. The molecule has 0 amide bonds. The Hall–Kier alpha value is -1.72. The van der Waals surface area contributed by atoms with Gasteiger partial charge in [0.2, 0.25) is 0 Å². The first-order valence-corrected chi connectivity index (χ1v) is 7.69. The lowest BCUT2D eigenvalue weighted by atomic mass is 10.1. The SMILES string of the molecule is CSc1cc(OC(C)=O)c2cc(Cl)ccc2c1OC(C)=O. The maximum Gasteiger partial charge on any atom is 0.308 e. The number of carbonyl (C=O) groups excluding carboxylic acids is 2. The maximum atomic E-state index is 11.3. The number of esters is 2. The van der Waals surface area contributed by atoms with Gasteiger partial charge in [-0.1, -0.05) is 11.6 Å². The second-order valence-corrected chi connectivity index (χ2v) is 5.57. The average molecular weight is 325 g/mol. The van der Waals surface area contributed by atoms with E-state index in [-0.39, 0.29) is 0 Å². The number of carbonyl (C=O) groups is 2. The number of fused-ring (bicyclic) bond motifs is 1. The van der Waals surface area contributed by atoms with Crippen LogP contribution >= 0.6 is 23.4 Å². The van der Waals surface area contributed by atoms with Crippen LogP contribution in [0.4, 0.5) is 0 Å². The molecule has 0 aliphatic rings. The molecule has 21 heavy (non-hydrogen) atoms. The number of hydrogen-bond donors (Lipinski definition) is 0. The molecule has 0 aliphatic carbocycles. The summed E-state index contributed by atoms with van der Waals surface area (Å²) in [7, 11) is 0. The first-order valence-electron chi connectivity index (χ1n) is 6.09. The van der Waals surface area contributed by atoms with Gasteiger partial charge in [-0.25, -0.2) is 0 Å². The summed E-state index contributed by atoms with van der Waals surface area (Å²) < 4.78 is 10.5. The van der Waals surface area contributed by atoms with E-state index in [1.807, 2.05) is 6.26 Å². The van der Waals surface area contributed by atoms with Gasteiger partial charge >= 0.3 is 11.9 Å². The molecule has 2 aromatic carbocycles. The van der Waals surface area contributed by atoms with Crippen LogP contribution < -0.4 is 9.47 Å². The molecule has 0 aliphatic heterocycles. The first-order chi connectivity index (χ1) is 9.92. The van der Waals surface area contributed by atoms with E-state index in [1.165, 1.54) is 25.6 Å². The van der Waals surface area contributed by atoms with Crippen molar-refractivity contribution < 1.29 is 19.1 Å². The van der Waals surface area contributed by atoms with Crippen LogP contribution in [0, 0.1) is 0 Å². The zero-order valence-electron chi connectivity index (χ0n) is 11.7. The van der Waals surface area contributed by atoms with E-state index >= 15 is 0 Å². The quantitative estimate of drug-likeness (QED) is 0.484. The Balaban J connectivity index is 2.77. The number of rotatable bonds is 3. The van der Waals surface area contributed by atoms with Crippen LogP contribution in [-0.4, -0.2) is 18.2 Å². The Kier molecular flexibility index (Phi) is 4.75. The van der Waals surface area contributed by atoms with Gasteiger partial charge in [-0.3, -0.25) is 9.59 Å². The molecule has 2 rings (SSSR count). The molecule has 0 atom stereocenters. The molecule has 4 nitrogen and oxygen atoms in total. The molecule has 110 valence electrons. The summed E-state index contributed by atoms with van der Waals surface area (Å²) in [5, 5.41) is 1.78. The molecule has 0 aromatic heterocycles. The Labute approximate surface area is 131 Å². The van der Waals surface area contributed by atoms with E-state index in [0.717, 1.165) is 0 Å². The third-order valence-corrected chi connectivity index (χ3v) is 3.68. The minimum Gasteiger partial charge on any atom is -0.426 e. The molecule has 0 saturated heterocycles. The van der Waals surface area contributed by atoms with Crippen molar-refractivity contribution in [1.29, 1.82) is 0 Å². The van der Waals surface area contributed by atoms with Crippen molar-refractivity contribution in [2.24, 2.45) is 0 Å². The highest BCUT2D eigenvalue weighted by Crippen LogP contribution is 2.42. The molecule has 0 fully saturated rings. The Bertz CT molecular complexity index is 727. The van der Waals surface area contributed by atoms with Crippen LogP contribution in [-0.2, 0) is 9.59 Å². The predicted octanol–water partition coefficient (Wildman–Crippen LogP) is 4.07. The largest absolute Gasteiger partial charge is 0.426 e. The van der Waals surface area contributed by atoms with Gasteiger partial charge in [0.05, 0.1) is 4.90 Å². The smallest absolute Gasteiger partial charge is 0.308 e. The number of hydrogen-bond acceptors (Lipinski definition) is 5. The van der Waals surface area contributed by atoms with Crippen molar-refractivity contribution >= 4 is 46.1 Å². The monoisotopic (exact) mass is 324 g/mol. The molecule has 0 unspecified atom stereocenters. The summed E-state index contributed by atoms with van der Waals surface area (Å²) in [5.41, 5.74) is 0. The fourth-order valence-corrected chi connectivity index (χ4v) is 2.69. The fraction of sp³-hybridized carbons (Fsp3) is 0.200. The lowest BCUT2D eigenvalue weighted by Gasteiger charge is -2.14. The van der Waals surface area contributed by atoms with Gasteiger partial charge in [-0.2, -0.15) is 0 Å². The highest BCUT2D eigenvalue weighted by Gasteiger charge is 2.17. The maximum absolute atomic E-state index is 11.3. The van der Waals surface area contributed by atoms with E-state index in [9.17, 15) is 9.59 Å². The third kappa shape index (κ3) is 3.49. The highest BCUT2D eigenvalue weighted by atomic mass is 35.5. The molecule has 2 aromatic rings. The van der Waals surface area contributed by atoms with Gasteiger partial charge in [0.1, 0.15) is 5.75 Å². The van der Waals surface area contributed by atoms with Gasteiger partial charge < -0.3 is 9.47 Å². The second kappa shape index (κ2) is 6.37. The number of ether oxygens (including phenoxy) is 2. The van der Waals surface area contributed by atoms with Gasteiger partial charge in [-0.15, -0.1) is 11.8 Å². The summed E-state index contributed by atoms with van der Waals surface area (Å²) in [5.74, 6) is -0.0110. The summed E-state index contributed by atoms with van der Waals surface area (Å²) in [6, 6.07) is 6.77. The highest BCUT2D eigenvalue weighted by molar-refractivity contribution is 7.98. The van der Waals surface area contributed by atoms with E-state index in [0.29, 0.717) is 32.2 Å². The van der Waals surface area contributed by atoms with E-state index < -0.39 is 11.9 Å². The van der Waals surface area contributed by atoms with Crippen LogP contribution in [0.3, 0.4) is 0 Å². The molecule has 0 saturated carbocycles. The van der Waals surface area contributed by atoms with Crippen molar-refractivity contribution in [1.82, 2.24) is 0 Å². The van der Waals surface area contributed by atoms with E-state index in [4.69, 9.17) is 21.1 Å². The van der Waals surface area contributed by atoms with Gasteiger partial charge in [0.25, 0.3) is 0 Å². The fourth-order valence-electron chi connectivity index (χ4n) is 1.95. The minimum atomic E-state index is -0.427. The van der Waals surface area contributed by atoms with Crippen LogP contribution in [0.15, 0.2) is 29.2 Å². The van der Waals surface area contributed by atoms with Crippen molar-refractivity contribution in [3.8, 4) is 11.5 Å². The summed E-state index contributed by atoms with van der Waals surface area (Å²) in [6.07, 6.45) is 1.85. The summed E-state index contributed by atoms with van der Waals surface area (Å²) in [4.78, 5) is 23.3. The number of benzene rings is 2. The topological polar surface area (TPSA) is 52.6 Å². The third-order valence-electron chi connectivity index (χ3n) is 2.70. The van der Waals surface area contributed by atoms with Gasteiger partial charge in [0.15, 0.2) is 5.75 Å². The molecule has 0 heterocycles. The van der Waals surface area contributed by atoms with Crippen LogP contribution in [0.5, 0.6) is 11.5 Å². The number of halogens is 1. The minimum absolute atomic E-state index is 0.389.